The fourth-order valence-corrected chi connectivity index (χ4v) is 4.94. The predicted molar refractivity (Wildman–Crippen MR) is 114 cm³/mol. The van der Waals surface area contributed by atoms with Crippen molar-refractivity contribution in [2.75, 3.05) is 32.7 Å². The average molecular weight is 405 g/mol. The number of carbonyl (C=O) groups is 1. The van der Waals surface area contributed by atoms with Crippen LogP contribution >= 0.6 is 0 Å². The number of likely N-dealkylation sites (tertiary alicyclic amines) is 2. The standard InChI is InChI=1S/C23H28N6O/c30-21-23(10-14-28(21)12-8-19-5-2-1-3-6-19)9-13-27(17-23)11-4-7-20-15-24-22-25-18-26-29(22)16-20/h1-3,5-6,15-16,18H,4,7-14,17H2. The van der Waals surface area contributed by atoms with E-state index in [2.05, 4.69) is 49.1 Å². The maximum atomic E-state index is 13.2. The first-order valence-electron chi connectivity index (χ1n) is 10.9. The Morgan fingerprint density at radius 3 is 2.73 bits per heavy atom. The first-order valence-corrected chi connectivity index (χ1v) is 10.9. The molecule has 5 rings (SSSR count). The number of hydrogen-bond acceptors (Lipinski definition) is 5. The summed E-state index contributed by atoms with van der Waals surface area (Å²) >= 11 is 0. The largest absolute Gasteiger partial charge is 0.342 e. The molecule has 0 bridgehead atoms. The number of aryl methyl sites for hydroxylation is 1. The van der Waals surface area contributed by atoms with Crippen LogP contribution in [-0.2, 0) is 17.6 Å². The van der Waals surface area contributed by atoms with Crippen LogP contribution in [0.25, 0.3) is 5.78 Å². The second-order valence-electron chi connectivity index (χ2n) is 8.65. The minimum atomic E-state index is -0.141. The van der Waals surface area contributed by atoms with Crippen LogP contribution in [0.5, 0.6) is 0 Å². The van der Waals surface area contributed by atoms with Gasteiger partial charge in [0.2, 0.25) is 5.91 Å². The molecule has 2 saturated heterocycles. The molecule has 1 aromatic carbocycles. The zero-order chi connectivity index (χ0) is 20.4. The van der Waals surface area contributed by atoms with Crippen LogP contribution in [0.2, 0.25) is 0 Å². The van der Waals surface area contributed by atoms with Gasteiger partial charge in [-0.3, -0.25) is 4.79 Å². The van der Waals surface area contributed by atoms with Gasteiger partial charge in [-0.25, -0.2) is 9.50 Å². The van der Waals surface area contributed by atoms with Crippen molar-refractivity contribution in [3.63, 3.8) is 0 Å². The van der Waals surface area contributed by atoms with Gasteiger partial charge in [-0.15, -0.1) is 0 Å². The molecule has 1 spiro atoms. The molecule has 2 fully saturated rings. The second kappa shape index (κ2) is 8.14. The molecule has 3 aromatic rings. The Labute approximate surface area is 176 Å². The molecule has 156 valence electrons. The molecule has 0 N–H and O–H groups in total. The monoisotopic (exact) mass is 404 g/mol. The van der Waals surface area contributed by atoms with E-state index in [1.807, 2.05) is 18.5 Å². The van der Waals surface area contributed by atoms with E-state index in [4.69, 9.17) is 0 Å². The van der Waals surface area contributed by atoms with Gasteiger partial charge in [0.05, 0.1) is 5.41 Å². The highest BCUT2D eigenvalue weighted by molar-refractivity contribution is 5.85. The van der Waals surface area contributed by atoms with Crippen LogP contribution in [0.3, 0.4) is 0 Å². The van der Waals surface area contributed by atoms with Crippen molar-refractivity contribution in [3.8, 4) is 0 Å². The van der Waals surface area contributed by atoms with E-state index in [1.165, 1.54) is 17.5 Å². The number of carbonyl (C=O) groups excluding carboxylic acids is 1. The fourth-order valence-electron chi connectivity index (χ4n) is 4.94. The number of aromatic nitrogens is 4. The van der Waals surface area contributed by atoms with E-state index < -0.39 is 0 Å². The molecule has 1 atom stereocenters. The Balaban J connectivity index is 1.11. The topological polar surface area (TPSA) is 66.6 Å². The molecule has 0 aliphatic carbocycles. The van der Waals surface area contributed by atoms with Crippen molar-refractivity contribution in [2.24, 2.45) is 5.41 Å². The normalized spacial score (nSPS) is 22.0. The lowest BCUT2D eigenvalue weighted by molar-refractivity contribution is -0.135. The van der Waals surface area contributed by atoms with Crippen molar-refractivity contribution in [1.82, 2.24) is 29.4 Å². The first kappa shape index (κ1) is 19.2. The van der Waals surface area contributed by atoms with E-state index in [0.717, 1.165) is 64.8 Å². The third kappa shape index (κ3) is 3.81. The van der Waals surface area contributed by atoms with Crippen molar-refractivity contribution >= 4 is 11.7 Å². The van der Waals surface area contributed by atoms with Gasteiger partial charge in [-0.2, -0.15) is 10.1 Å². The predicted octanol–water partition coefficient (Wildman–Crippen LogP) is 2.22. The average Bonchev–Trinajstić information content (AvgIpc) is 3.48. The van der Waals surface area contributed by atoms with Crippen LogP contribution < -0.4 is 0 Å². The van der Waals surface area contributed by atoms with Gasteiger partial charge in [0.15, 0.2) is 0 Å². The molecule has 2 aliphatic rings. The van der Waals surface area contributed by atoms with Crippen LogP contribution in [-0.4, -0.2) is 68.0 Å². The molecule has 1 amide bonds. The molecule has 2 aliphatic heterocycles. The molecule has 4 heterocycles. The lowest BCUT2D eigenvalue weighted by atomic mass is 9.85. The molecular formula is C23H28N6O. The molecule has 1 unspecified atom stereocenters. The Morgan fingerprint density at radius 2 is 1.83 bits per heavy atom. The molecular weight excluding hydrogens is 376 g/mol. The Hall–Kier alpha value is -2.80. The maximum Gasteiger partial charge on any atom is 0.252 e. The third-order valence-electron chi connectivity index (χ3n) is 6.68. The zero-order valence-electron chi connectivity index (χ0n) is 17.3. The first-order chi connectivity index (χ1) is 14.7. The summed E-state index contributed by atoms with van der Waals surface area (Å²) in [4.78, 5) is 26.1. The van der Waals surface area contributed by atoms with Crippen molar-refractivity contribution in [1.29, 1.82) is 0 Å². The van der Waals surface area contributed by atoms with E-state index in [0.29, 0.717) is 11.7 Å². The number of amides is 1. The summed E-state index contributed by atoms with van der Waals surface area (Å²) in [5.41, 5.74) is 2.33. The lowest BCUT2D eigenvalue weighted by Crippen LogP contribution is -2.37. The highest BCUT2D eigenvalue weighted by atomic mass is 16.2. The second-order valence-corrected chi connectivity index (χ2v) is 8.65. The molecule has 7 nitrogen and oxygen atoms in total. The van der Waals surface area contributed by atoms with Crippen molar-refractivity contribution in [3.05, 3.63) is 60.2 Å². The number of fused-ring (bicyclic) bond motifs is 1. The third-order valence-corrected chi connectivity index (χ3v) is 6.68. The van der Waals surface area contributed by atoms with E-state index in [1.54, 1.807) is 4.52 Å². The summed E-state index contributed by atoms with van der Waals surface area (Å²) in [5, 5.41) is 4.15. The van der Waals surface area contributed by atoms with E-state index >= 15 is 0 Å². The zero-order valence-corrected chi connectivity index (χ0v) is 17.3. The Kier molecular flexibility index (Phi) is 5.21. The van der Waals surface area contributed by atoms with E-state index in [-0.39, 0.29) is 5.41 Å². The molecule has 0 radical (unpaired) electrons. The quantitative estimate of drug-likeness (QED) is 0.604. The minimum absolute atomic E-state index is 0.141. The summed E-state index contributed by atoms with van der Waals surface area (Å²) < 4.78 is 1.72. The lowest BCUT2D eigenvalue weighted by Gasteiger charge is -2.24. The van der Waals surface area contributed by atoms with Gasteiger partial charge < -0.3 is 9.80 Å². The smallest absolute Gasteiger partial charge is 0.252 e. The van der Waals surface area contributed by atoms with Crippen LogP contribution in [0.1, 0.15) is 30.4 Å². The van der Waals surface area contributed by atoms with Crippen LogP contribution in [0.4, 0.5) is 0 Å². The molecule has 2 aromatic heterocycles. The van der Waals surface area contributed by atoms with Gasteiger partial charge >= 0.3 is 0 Å². The number of nitrogens with zero attached hydrogens (tertiary/aromatic N) is 6. The summed E-state index contributed by atoms with van der Waals surface area (Å²) in [7, 11) is 0. The summed E-state index contributed by atoms with van der Waals surface area (Å²) in [6.07, 6.45) is 10.4. The molecule has 0 saturated carbocycles. The minimum Gasteiger partial charge on any atom is -0.342 e. The molecule has 7 heteroatoms. The summed E-state index contributed by atoms with van der Waals surface area (Å²) in [6, 6.07) is 10.5. The Morgan fingerprint density at radius 1 is 0.967 bits per heavy atom. The fraction of sp³-hybridized carbons (Fsp3) is 0.478. The Bertz CT molecular complexity index is 1020. The van der Waals surface area contributed by atoms with Gasteiger partial charge in [-0.05, 0) is 56.3 Å². The summed E-state index contributed by atoms with van der Waals surface area (Å²) in [6.45, 7) is 4.70. The van der Waals surface area contributed by atoms with Gasteiger partial charge in [-0.1, -0.05) is 30.3 Å². The van der Waals surface area contributed by atoms with Gasteiger partial charge in [0, 0.05) is 32.0 Å². The number of rotatable bonds is 7. The number of benzene rings is 1. The van der Waals surface area contributed by atoms with Gasteiger partial charge in [0.1, 0.15) is 6.33 Å². The number of hydrogen-bond donors (Lipinski definition) is 0. The van der Waals surface area contributed by atoms with Crippen LogP contribution in [0, 0.1) is 5.41 Å². The molecule has 30 heavy (non-hydrogen) atoms. The van der Waals surface area contributed by atoms with Crippen molar-refractivity contribution in [2.45, 2.75) is 32.1 Å². The van der Waals surface area contributed by atoms with Gasteiger partial charge in [0.25, 0.3) is 5.78 Å². The highest BCUT2D eigenvalue weighted by Crippen LogP contribution is 2.40. The highest BCUT2D eigenvalue weighted by Gasteiger charge is 2.50. The maximum absolute atomic E-state index is 13.2. The van der Waals surface area contributed by atoms with Crippen molar-refractivity contribution < 1.29 is 4.79 Å². The SMILES string of the molecule is O=C1N(CCc2ccccc2)CCC12CCN(CCCc1cnc3ncnn3c1)C2. The summed E-state index contributed by atoms with van der Waals surface area (Å²) in [5.74, 6) is 1.01. The van der Waals surface area contributed by atoms with Crippen LogP contribution in [0.15, 0.2) is 49.1 Å². The van der Waals surface area contributed by atoms with E-state index in [9.17, 15) is 4.79 Å².